The molecule has 0 atom stereocenters. The van der Waals surface area contributed by atoms with Crippen molar-refractivity contribution in [3.8, 4) is 5.75 Å². The summed E-state index contributed by atoms with van der Waals surface area (Å²) in [5.74, 6) is 1.04. The lowest BCUT2D eigenvalue weighted by Gasteiger charge is -2.07. The summed E-state index contributed by atoms with van der Waals surface area (Å²) < 4.78 is 5.65. The highest BCUT2D eigenvalue weighted by Crippen LogP contribution is 2.15. The molecule has 0 fully saturated rings. The van der Waals surface area contributed by atoms with Crippen LogP contribution in [0.3, 0.4) is 0 Å². The third-order valence-electron chi connectivity index (χ3n) is 3.50. The molecule has 21 heavy (non-hydrogen) atoms. The number of benzene rings is 1. The minimum Gasteiger partial charge on any atom is -0.494 e. The van der Waals surface area contributed by atoms with E-state index in [2.05, 4.69) is 6.92 Å². The lowest BCUT2D eigenvalue weighted by Crippen LogP contribution is -2.00. The van der Waals surface area contributed by atoms with E-state index < -0.39 is 0 Å². The van der Waals surface area contributed by atoms with E-state index in [0.717, 1.165) is 56.3 Å². The molecule has 0 aliphatic heterocycles. The van der Waals surface area contributed by atoms with E-state index >= 15 is 0 Å². The standard InChI is InChI=1S/C18H28O3/c1-2-3-6-9-18(20)16-10-12-17(13-11-16)21-15-8-5-4-7-14-19/h10-13,19H,2-9,14-15H2,1H3. The van der Waals surface area contributed by atoms with Gasteiger partial charge in [0.15, 0.2) is 5.78 Å². The summed E-state index contributed by atoms with van der Waals surface area (Å²) in [6, 6.07) is 7.46. The van der Waals surface area contributed by atoms with Crippen molar-refractivity contribution >= 4 is 5.78 Å². The van der Waals surface area contributed by atoms with E-state index in [0.29, 0.717) is 13.0 Å². The Bertz CT molecular complexity index is 384. The number of Topliss-reactive ketones (excluding diaryl/α,β-unsaturated/α-hetero) is 1. The van der Waals surface area contributed by atoms with Crippen LogP contribution < -0.4 is 4.74 Å². The van der Waals surface area contributed by atoms with E-state index in [9.17, 15) is 4.79 Å². The monoisotopic (exact) mass is 292 g/mol. The first-order chi connectivity index (χ1) is 10.3. The molecule has 1 N–H and O–H groups in total. The molecule has 3 nitrogen and oxygen atoms in total. The SMILES string of the molecule is CCCCCC(=O)c1ccc(OCCCCCCO)cc1. The predicted octanol–water partition coefficient (Wildman–Crippen LogP) is 4.38. The van der Waals surface area contributed by atoms with Gasteiger partial charge < -0.3 is 9.84 Å². The van der Waals surface area contributed by atoms with Crippen molar-refractivity contribution in [1.29, 1.82) is 0 Å². The van der Waals surface area contributed by atoms with Crippen LogP contribution in [-0.2, 0) is 0 Å². The molecule has 0 aromatic heterocycles. The molecule has 0 heterocycles. The van der Waals surface area contributed by atoms with Gasteiger partial charge in [-0.2, -0.15) is 0 Å². The molecule has 1 aromatic carbocycles. The van der Waals surface area contributed by atoms with Gasteiger partial charge in [0.05, 0.1) is 6.61 Å². The maximum Gasteiger partial charge on any atom is 0.162 e. The van der Waals surface area contributed by atoms with Crippen LogP contribution in [0.25, 0.3) is 0 Å². The van der Waals surface area contributed by atoms with Crippen LogP contribution in [0.15, 0.2) is 24.3 Å². The van der Waals surface area contributed by atoms with Gasteiger partial charge >= 0.3 is 0 Å². The average Bonchev–Trinajstić information content (AvgIpc) is 2.51. The lowest BCUT2D eigenvalue weighted by molar-refractivity contribution is 0.0979. The van der Waals surface area contributed by atoms with Crippen molar-refractivity contribution in [2.75, 3.05) is 13.2 Å². The molecule has 1 aromatic rings. The van der Waals surface area contributed by atoms with Gasteiger partial charge in [-0.3, -0.25) is 4.79 Å². The largest absolute Gasteiger partial charge is 0.494 e. The fourth-order valence-electron chi connectivity index (χ4n) is 2.17. The van der Waals surface area contributed by atoms with Crippen molar-refractivity contribution in [1.82, 2.24) is 0 Å². The number of carbonyl (C=O) groups excluding carboxylic acids is 1. The highest BCUT2D eigenvalue weighted by Gasteiger charge is 2.05. The molecular formula is C18H28O3. The Morgan fingerprint density at radius 2 is 1.71 bits per heavy atom. The number of unbranched alkanes of at least 4 members (excludes halogenated alkanes) is 5. The maximum absolute atomic E-state index is 11.9. The second kappa shape index (κ2) is 11.3. The van der Waals surface area contributed by atoms with Crippen LogP contribution in [0.5, 0.6) is 5.75 Å². The van der Waals surface area contributed by atoms with Crippen molar-refractivity contribution < 1.29 is 14.6 Å². The molecule has 0 saturated heterocycles. The zero-order valence-electron chi connectivity index (χ0n) is 13.1. The van der Waals surface area contributed by atoms with E-state index in [1.807, 2.05) is 24.3 Å². The average molecular weight is 292 g/mol. The maximum atomic E-state index is 11.9. The van der Waals surface area contributed by atoms with Crippen LogP contribution in [0.4, 0.5) is 0 Å². The smallest absolute Gasteiger partial charge is 0.162 e. The summed E-state index contributed by atoms with van der Waals surface area (Å²) >= 11 is 0. The number of ether oxygens (including phenoxy) is 1. The number of aliphatic hydroxyl groups excluding tert-OH is 1. The molecule has 0 unspecified atom stereocenters. The summed E-state index contributed by atoms with van der Waals surface area (Å²) in [6.45, 7) is 3.10. The quantitative estimate of drug-likeness (QED) is 0.459. The van der Waals surface area contributed by atoms with Crippen LogP contribution in [0.2, 0.25) is 0 Å². The van der Waals surface area contributed by atoms with Gasteiger partial charge in [0.1, 0.15) is 5.75 Å². The van der Waals surface area contributed by atoms with E-state index in [-0.39, 0.29) is 12.4 Å². The molecule has 118 valence electrons. The summed E-state index contributed by atoms with van der Waals surface area (Å²) in [6.07, 6.45) is 7.86. The molecule has 0 spiro atoms. The number of hydrogen-bond acceptors (Lipinski definition) is 3. The van der Waals surface area contributed by atoms with Crippen LogP contribution in [0.1, 0.15) is 68.6 Å². The summed E-state index contributed by atoms with van der Waals surface area (Å²) in [7, 11) is 0. The highest BCUT2D eigenvalue weighted by atomic mass is 16.5. The zero-order valence-corrected chi connectivity index (χ0v) is 13.1. The van der Waals surface area contributed by atoms with Gasteiger partial charge in [-0.25, -0.2) is 0 Å². The Hall–Kier alpha value is -1.35. The second-order valence-electron chi connectivity index (χ2n) is 5.39. The highest BCUT2D eigenvalue weighted by molar-refractivity contribution is 5.96. The Labute approximate surface area is 128 Å². The van der Waals surface area contributed by atoms with E-state index in [4.69, 9.17) is 9.84 Å². The molecule has 0 aliphatic carbocycles. The molecule has 1 rings (SSSR count). The topological polar surface area (TPSA) is 46.5 Å². The molecule has 0 amide bonds. The van der Waals surface area contributed by atoms with Gasteiger partial charge in [-0.1, -0.05) is 26.2 Å². The van der Waals surface area contributed by atoms with E-state index in [1.165, 1.54) is 0 Å². The third kappa shape index (κ3) is 7.86. The van der Waals surface area contributed by atoms with Crippen LogP contribution in [-0.4, -0.2) is 24.1 Å². The number of rotatable bonds is 12. The van der Waals surface area contributed by atoms with Crippen molar-refractivity contribution in [2.24, 2.45) is 0 Å². The van der Waals surface area contributed by atoms with Crippen LogP contribution in [0, 0.1) is 0 Å². The Balaban J connectivity index is 2.25. The molecular weight excluding hydrogens is 264 g/mol. The first-order valence-electron chi connectivity index (χ1n) is 8.15. The van der Waals surface area contributed by atoms with Gasteiger partial charge in [-0.05, 0) is 49.9 Å². The summed E-state index contributed by atoms with van der Waals surface area (Å²) in [5, 5.41) is 8.68. The summed E-state index contributed by atoms with van der Waals surface area (Å²) in [5.41, 5.74) is 0.779. The van der Waals surface area contributed by atoms with Crippen LogP contribution >= 0.6 is 0 Å². The number of hydrogen-bond donors (Lipinski definition) is 1. The first kappa shape index (κ1) is 17.7. The Kier molecular flexibility index (Phi) is 9.55. The normalized spacial score (nSPS) is 10.6. The number of ketones is 1. The Morgan fingerprint density at radius 1 is 1.00 bits per heavy atom. The summed E-state index contributed by atoms with van der Waals surface area (Å²) in [4.78, 5) is 11.9. The predicted molar refractivity (Wildman–Crippen MR) is 86.0 cm³/mol. The fourth-order valence-corrected chi connectivity index (χ4v) is 2.17. The molecule has 3 heteroatoms. The van der Waals surface area contributed by atoms with Crippen molar-refractivity contribution in [3.63, 3.8) is 0 Å². The molecule has 0 aliphatic rings. The zero-order chi connectivity index (χ0) is 15.3. The third-order valence-corrected chi connectivity index (χ3v) is 3.50. The number of aliphatic hydroxyl groups is 1. The number of carbonyl (C=O) groups is 1. The van der Waals surface area contributed by atoms with Gasteiger partial charge in [0.25, 0.3) is 0 Å². The van der Waals surface area contributed by atoms with Crippen molar-refractivity contribution in [2.45, 2.75) is 58.3 Å². The Morgan fingerprint density at radius 3 is 2.38 bits per heavy atom. The minimum absolute atomic E-state index is 0.221. The van der Waals surface area contributed by atoms with Gasteiger partial charge in [-0.15, -0.1) is 0 Å². The lowest BCUT2D eigenvalue weighted by atomic mass is 10.0. The fraction of sp³-hybridized carbons (Fsp3) is 0.611. The van der Waals surface area contributed by atoms with Gasteiger partial charge in [0.2, 0.25) is 0 Å². The molecule has 0 saturated carbocycles. The minimum atomic E-state index is 0.221. The van der Waals surface area contributed by atoms with Gasteiger partial charge in [0, 0.05) is 18.6 Å². The second-order valence-corrected chi connectivity index (χ2v) is 5.39. The van der Waals surface area contributed by atoms with E-state index in [1.54, 1.807) is 0 Å². The molecule has 0 radical (unpaired) electrons. The van der Waals surface area contributed by atoms with Crippen molar-refractivity contribution in [3.05, 3.63) is 29.8 Å². The molecule has 0 bridgehead atoms. The first-order valence-corrected chi connectivity index (χ1v) is 8.15.